The molecule has 0 fully saturated rings. The fraction of sp³-hybridized carbons (Fsp3) is 0.889. The highest BCUT2D eigenvalue weighted by Crippen LogP contribution is 2.01. The number of nitrogens with one attached hydrogen (secondary N) is 1. The van der Waals surface area contributed by atoms with Crippen molar-refractivity contribution in [1.82, 2.24) is 5.32 Å². The summed E-state index contributed by atoms with van der Waals surface area (Å²) in [6.07, 6.45) is 7.00. The molecule has 22 heavy (non-hydrogen) atoms. The molecular formula is C18H40N2O2. The SMILES string of the molecule is CC.CC.CCCCCNC(=O)CCCCCON=C(C)C. The molecule has 1 N–H and O–H groups in total. The molecule has 0 unspecified atom stereocenters. The number of carbonyl (C=O) groups is 1. The van der Waals surface area contributed by atoms with Gasteiger partial charge in [-0.2, -0.15) is 0 Å². The van der Waals surface area contributed by atoms with Crippen LogP contribution in [0.25, 0.3) is 0 Å². The van der Waals surface area contributed by atoms with Gasteiger partial charge in [-0.1, -0.05) is 52.6 Å². The summed E-state index contributed by atoms with van der Waals surface area (Å²) >= 11 is 0. The first-order valence-corrected chi connectivity index (χ1v) is 9.06. The Morgan fingerprint density at radius 3 is 2.14 bits per heavy atom. The summed E-state index contributed by atoms with van der Waals surface area (Å²) in [6.45, 7) is 15.4. The number of rotatable bonds is 11. The topological polar surface area (TPSA) is 50.7 Å². The van der Waals surface area contributed by atoms with Crippen molar-refractivity contribution in [3.05, 3.63) is 0 Å². The van der Waals surface area contributed by atoms with Crippen LogP contribution in [0.3, 0.4) is 0 Å². The summed E-state index contributed by atoms with van der Waals surface area (Å²) in [5.41, 5.74) is 0.932. The summed E-state index contributed by atoms with van der Waals surface area (Å²) < 4.78 is 0. The molecule has 4 heteroatoms. The lowest BCUT2D eigenvalue weighted by molar-refractivity contribution is -0.121. The van der Waals surface area contributed by atoms with Crippen LogP contribution < -0.4 is 5.32 Å². The van der Waals surface area contributed by atoms with E-state index in [0.717, 1.165) is 37.9 Å². The van der Waals surface area contributed by atoms with Crippen molar-refractivity contribution in [2.75, 3.05) is 13.2 Å². The van der Waals surface area contributed by atoms with Crippen LogP contribution in [0.1, 0.15) is 93.4 Å². The maximum absolute atomic E-state index is 11.4. The number of hydrogen-bond donors (Lipinski definition) is 1. The van der Waals surface area contributed by atoms with Crippen molar-refractivity contribution < 1.29 is 9.63 Å². The molecule has 1 amide bonds. The van der Waals surface area contributed by atoms with Gasteiger partial charge in [-0.05, 0) is 39.5 Å². The lowest BCUT2D eigenvalue weighted by Crippen LogP contribution is -2.23. The maximum Gasteiger partial charge on any atom is 0.219 e. The second-order valence-electron chi connectivity index (χ2n) is 4.74. The molecular weight excluding hydrogens is 276 g/mol. The molecule has 134 valence electrons. The molecule has 0 heterocycles. The van der Waals surface area contributed by atoms with Gasteiger partial charge in [0.1, 0.15) is 6.61 Å². The van der Waals surface area contributed by atoms with Crippen LogP contribution in [-0.4, -0.2) is 24.8 Å². The minimum absolute atomic E-state index is 0.175. The molecule has 0 rings (SSSR count). The lowest BCUT2D eigenvalue weighted by atomic mass is 10.2. The molecule has 0 aliphatic rings. The number of hydrogen-bond acceptors (Lipinski definition) is 3. The Balaban J connectivity index is -0.000000826. The van der Waals surface area contributed by atoms with Gasteiger partial charge in [0.25, 0.3) is 0 Å². The van der Waals surface area contributed by atoms with Crippen molar-refractivity contribution >= 4 is 11.6 Å². The third-order valence-electron chi connectivity index (χ3n) is 2.49. The number of unbranched alkanes of at least 4 members (excludes halogenated alkanes) is 4. The zero-order valence-corrected chi connectivity index (χ0v) is 16.1. The first-order valence-electron chi connectivity index (χ1n) is 9.06. The zero-order chi connectivity index (χ0) is 17.6. The Morgan fingerprint density at radius 1 is 0.955 bits per heavy atom. The van der Waals surface area contributed by atoms with Gasteiger partial charge < -0.3 is 10.2 Å². The fourth-order valence-corrected chi connectivity index (χ4v) is 1.49. The molecule has 0 aromatic rings. The molecule has 0 aliphatic heterocycles. The number of carbonyl (C=O) groups excluding carboxylic acids is 1. The third-order valence-corrected chi connectivity index (χ3v) is 2.49. The van der Waals surface area contributed by atoms with Gasteiger partial charge in [-0.15, -0.1) is 0 Å². The number of amides is 1. The van der Waals surface area contributed by atoms with Crippen molar-refractivity contribution in [2.24, 2.45) is 5.16 Å². The summed E-state index contributed by atoms with van der Waals surface area (Å²) in [5, 5.41) is 6.80. The molecule has 0 saturated carbocycles. The predicted molar refractivity (Wildman–Crippen MR) is 98.4 cm³/mol. The summed E-state index contributed by atoms with van der Waals surface area (Å²) in [7, 11) is 0. The number of nitrogens with zero attached hydrogens (tertiary/aromatic N) is 1. The van der Waals surface area contributed by atoms with Crippen LogP contribution in [0.5, 0.6) is 0 Å². The van der Waals surface area contributed by atoms with E-state index in [1.165, 1.54) is 12.8 Å². The normalized spacial score (nSPS) is 8.68. The molecule has 0 radical (unpaired) electrons. The van der Waals surface area contributed by atoms with Crippen LogP contribution in [0.2, 0.25) is 0 Å². The highest BCUT2D eigenvalue weighted by atomic mass is 16.6. The van der Waals surface area contributed by atoms with E-state index < -0.39 is 0 Å². The van der Waals surface area contributed by atoms with E-state index in [1.54, 1.807) is 0 Å². The standard InChI is InChI=1S/C14H28N2O2.2C2H6/c1-4-5-8-11-15-14(17)10-7-6-9-12-18-16-13(2)3;2*1-2/h4-12H2,1-3H3,(H,15,17);2*1-2H3. The Hall–Kier alpha value is -1.06. The van der Waals surface area contributed by atoms with E-state index in [1.807, 2.05) is 41.5 Å². The minimum Gasteiger partial charge on any atom is -0.396 e. The Labute approximate surface area is 139 Å². The predicted octanol–water partition coefficient (Wildman–Crippen LogP) is 5.32. The van der Waals surface area contributed by atoms with Crippen molar-refractivity contribution in [1.29, 1.82) is 0 Å². The van der Waals surface area contributed by atoms with Gasteiger partial charge >= 0.3 is 0 Å². The second kappa shape index (κ2) is 24.9. The maximum atomic E-state index is 11.4. The van der Waals surface area contributed by atoms with Gasteiger partial charge in [0.15, 0.2) is 0 Å². The quantitative estimate of drug-likeness (QED) is 0.319. The van der Waals surface area contributed by atoms with E-state index in [9.17, 15) is 4.79 Å². The molecule has 0 aromatic heterocycles. The first-order chi connectivity index (χ1) is 10.7. The highest BCUT2D eigenvalue weighted by molar-refractivity contribution is 5.78. The molecule has 0 aromatic carbocycles. The molecule has 0 bridgehead atoms. The van der Waals surface area contributed by atoms with Crippen molar-refractivity contribution in [3.63, 3.8) is 0 Å². The van der Waals surface area contributed by atoms with Gasteiger partial charge in [-0.3, -0.25) is 4.79 Å². The van der Waals surface area contributed by atoms with Gasteiger partial charge in [0, 0.05) is 13.0 Å². The van der Waals surface area contributed by atoms with E-state index in [0.29, 0.717) is 13.0 Å². The fourth-order valence-electron chi connectivity index (χ4n) is 1.49. The molecule has 0 spiro atoms. The van der Waals surface area contributed by atoms with Crippen LogP contribution in [-0.2, 0) is 9.63 Å². The Bertz CT molecular complexity index is 237. The van der Waals surface area contributed by atoms with Gasteiger partial charge in [0.2, 0.25) is 5.91 Å². The van der Waals surface area contributed by atoms with Crippen molar-refractivity contribution in [3.8, 4) is 0 Å². The van der Waals surface area contributed by atoms with Crippen LogP contribution in [0.4, 0.5) is 0 Å². The summed E-state index contributed by atoms with van der Waals surface area (Å²) in [6, 6.07) is 0. The number of oxime groups is 1. The molecule has 4 nitrogen and oxygen atoms in total. The van der Waals surface area contributed by atoms with Crippen LogP contribution >= 0.6 is 0 Å². The van der Waals surface area contributed by atoms with Crippen LogP contribution in [0.15, 0.2) is 5.16 Å². The molecule has 0 saturated heterocycles. The zero-order valence-electron chi connectivity index (χ0n) is 16.1. The largest absolute Gasteiger partial charge is 0.396 e. The second-order valence-corrected chi connectivity index (χ2v) is 4.74. The summed E-state index contributed by atoms with van der Waals surface area (Å²) in [5.74, 6) is 0.175. The Kier molecular flexibility index (Phi) is 29.3. The van der Waals surface area contributed by atoms with E-state index in [-0.39, 0.29) is 5.91 Å². The van der Waals surface area contributed by atoms with Crippen LogP contribution in [0, 0.1) is 0 Å². The highest BCUT2D eigenvalue weighted by Gasteiger charge is 1.99. The average molecular weight is 317 g/mol. The van der Waals surface area contributed by atoms with E-state index in [2.05, 4.69) is 17.4 Å². The van der Waals surface area contributed by atoms with Gasteiger partial charge in [0.05, 0.1) is 5.71 Å². The molecule has 0 aliphatic carbocycles. The van der Waals surface area contributed by atoms with E-state index >= 15 is 0 Å². The average Bonchev–Trinajstić information content (AvgIpc) is 2.54. The smallest absolute Gasteiger partial charge is 0.219 e. The monoisotopic (exact) mass is 316 g/mol. The van der Waals surface area contributed by atoms with Crippen molar-refractivity contribution in [2.45, 2.75) is 93.4 Å². The van der Waals surface area contributed by atoms with E-state index in [4.69, 9.17) is 4.84 Å². The van der Waals surface area contributed by atoms with Gasteiger partial charge in [-0.25, -0.2) is 0 Å². The Morgan fingerprint density at radius 2 is 1.59 bits per heavy atom. The third kappa shape index (κ3) is 27.3. The molecule has 0 atom stereocenters. The lowest BCUT2D eigenvalue weighted by Gasteiger charge is -2.04. The minimum atomic E-state index is 0.175. The summed E-state index contributed by atoms with van der Waals surface area (Å²) in [4.78, 5) is 16.5. The first kappa shape index (κ1) is 25.9.